The number of non-ortho nitro benzene ring substituents is 1. The lowest BCUT2D eigenvalue weighted by molar-refractivity contribution is -0.384. The molecular formula is C9H13N3O5S. The molecule has 0 atom stereocenters. The van der Waals surface area contributed by atoms with Gasteiger partial charge in [0.05, 0.1) is 17.2 Å². The summed E-state index contributed by atoms with van der Waals surface area (Å²) in [5.74, 6) is 0. The summed E-state index contributed by atoms with van der Waals surface area (Å²) in [5.41, 5.74) is 5.06. The zero-order chi connectivity index (χ0) is 13.8. The lowest BCUT2D eigenvalue weighted by Crippen LogP contribution is -2.27. The van der Waals surface area contributed by atoms with Crippen molar-refractivity contribution >= 4 is 21.4 Å². The van der Waals surface area contributed by atoms with E-state index in [0.717, 1.165) is 18.2 Å². The van der Waals surface area contributed by atoms with Gasteiger partial charge in [-0.05, 0) is 6.07 Å². The van der Waals surface area contributed by atoms with Crippen molar-refractivity contribution in [1.82, 2.24) is 4.72 Å². The number of anilines is 1. The third kappa shape index (κ3) is 3.39. The molecule has 1 aromatic carbocycles. The van der Waals surface area contributed by atoms with Gasteiger partial charge < -0.3 is 10.5 Å². The molecule has 3 N–H and O–H groups in total. The van der Waals surface area contributed by atoms with Gasteiger partial charge in [-0.3, -0.25) is 10.1 Å². The van der Waals surface area contributed by atoms with E-state index in [2.05, 4.69) is 4.72 Å². The summed E-state index contributed by atoms with van der Waals surface area (Å²) in [6, 6.07) is 3.19. The highest BCUT2D eigenvalue weighted by Gasteiger charge is 2.19. The molecule has 9 heteroatoms. The normalized spacial score (nSPS) is 11.4. The third-order valence-corrected chi connectivity index (χ3v) is 3.63. The van der Waals surface area contributed by atoms with Crippen molar-refractivity contribution < 1.29 is 18.1 Å². The third-order valence-electron chi connectivity index (χ3n) is 2.09. The van der Waals surface area contributed by atoms with Gasteiger partial charge in [-0.15, -0.1) is 0 Å². The van der Waals surface area contributed by atoms with Crippen LogP contribution in [0.5, 0.6) is 0 Å². The summed E-state index contributed by atoms with van der Waals surface area (Å²) < 4.78 is 30.6. The molecule has 100 valence electrons. The van der Waals surface area contributed by atoms with E-state index in [-0.39, 0.29) is 29.4 Å². The number of nitrogen functional groups attached to an aromatic ring is 1. The van der Waals surface area contributed by atoms with Gasteiger partial charge in [0.2, 0.25) is 10.0 Å². The van der Waals surface area contributed by atoms with Crippen LogP contribution in [0, 0.1) is 10.1 Å². The maximum atomic E-state index is 11.8. The van der Waals surface area contributed by atoms with Crippen LogP contribution in [-0.2, 0) is 14.8 Å². The van der Waals surface area contributed by atoms with E-state index in [4.69, 9.17) is 10.5 Å². The molecule has 0 unspecified atom stereocenters. The van der Waals surface area contributed by atoms with Crippen molar-refractivity contribution in [2.75, 3.05) is 26.0 Å². The van der Waals surface area contributed by atoms with Crippen LogP contribution in [0.1, 0.15) is 0 Å². The monoisotopic (exact) mass is 275 g/mol. The lowest BCUT2D eigenvalue weighted by Gasteiger charge is -2.08. The first-order valence-corrected chi connectivity index (χ1v) is 6.39. The average molecular weight is 275 g/mol. The second-order valence-electron chi connectivity index (χ2n) is 3.37. The SMILES string of the molecule is COCCNS(=O)(=O)c1ccc([N+](=O)[O-])cc1N. The predicted molar refractivity (Wildman–Crippen MR) is 64.6 cm³/mol. The molecule has 0 aliphatic carbocycles. The van der Waals surface area contributed by atoms with Crippen LogP contribution in [0.4, 0.5) is 11.4 Å². The van der Waals surface area contributed by atoms with Crippen molar-refractivity contribution in [3.63, 3.8) is 0 Å². The van der Waals surface area contributed by atoms with Gasteiger partial charge >= 0.3 is 0 Å². The van der Waals surface area contributed by atoms with Crippen molar-refractivity contribution in [2.45, 2.75) is 4.90 Å². The van der Waals surface area contributed by atoms with Crippen LogP contribution in [-0.4, -0.2) is 33.6 Å². The minimum absolute atomic E-state index is 0.0925. The summed E-state index contributed by atoms with van der Waals surface area (Å²) in [5, 5.41) is 10.5. The van der Waals surface area contributed by atoms with Gasteiger partial charge in [0.25, 0.3) is 5.69 Å². The van der Waals surface area contributed by atoms with E-state index in [1.807, 2.05) is 0 Å². The van der Waals surface area contributed by atoms with Crippen LogP contribution in [0.25, 0.3) is 0 Å². The number of nitrogens with two attached hydrogens (primary N) is 1. The summed E-state index contributed by atoms with van der Waals surface area (Å²) in [6.07, 6.45) is 0. The van der Waals surface area contributed by atoms with Gasteiger partial charge in [0, 0.05) is 25.8 Å². The molecule has 8 nitrogen and oxygen atoms in total. The molecule has 0 amide bonds. The Morgan fingerprint density at radius 2 is 2.17 bits per heavy atom. The van der Waals surface area contributed by atoms with E-state index in [9.17, 15) is 18.5 Å². The van der Waals surface area contributed by atoms with Crippen LogP contribution in [0.3, 0.4) is 0 Å². The van der Waals surface area contributed by atoms with Gasteiger partial charge in [-0.25, -0.2) is 13.1 Å². The Morgan fingerprint density at radius 3 is 2.67 bits per heavy atom. The van der Waals surface area contributed by atoms with Crippen molar-refractivity contribution in [1.29, 1.82) is 0 Å². The molecule has 1 rings (SSSR count). The standard InChI is InChI=1S/C9H13N3O5S/c1-17-5-4-11-18(15,16)9-3-2-7(12(13)14)6-8(9)10/h2-3,6,11H,4-5,10H2,1H3. The van der Waals surface area contributed by atoms with E-state index in [1.165, 1.54) is 7.11 Å². The van der Waals surface area contributed by atoms with Crippen molar-refractivity contribution in [3.05, 3.63) is 28.3 Å². The second-order valence-corrected chi connectivity index (χ2v) is 5.11. The van der Waals surface area contributed by atoms with Crippen LogP contribution < -0.4 is 10.5 Å². The highest BCUT2D eigenvalue weighted by Crippen LogP contribution is 2.23. The number of hydrogen-bond acceptors (Lipinski definition) is 6. The molecule has 1 aromatic rings. The van der Waals surface area contributed by atoms with Crippen LogP contribution in [0.15, 0.2) is 23.1 Å². The first kappa shape index (κ1) is 14.4. The minimum Gasteiger partial charge on any atom is -0.397 e. The molecule has 18 heavy (non-hydrogen) atoms. The topological polar surface area (TPSA) is 125 Å². The number of nitro benzene ring substituents is 1. The molecule has 0 bridgehead atoms. The largest absolute Gasteiger partial charge is 0.397 e. The molecule has 0 aliphatic rings. The minimum atomic E-state index is -3.78. The molecule has 0 fully saturated rings. The smallest absolute Gasteiger partial charge is 0.271 e. The zero-order valence-corrected chi connectivity index (χ0v) is 10.4. The number of rotatable bonds is 6. The molecule has 0 saturated heterocycles. The average Bonchev–Trinajstić information content (AvgIpc) is 2.28. The number of benzene rings is 1. The van der Waals surface area contributed by atoms with Gasteiger partial charge in [-0.2, -0.15) is 0 Å². The fourth-order valence-electron chi connectivity index (χ4n) is 1.25. The summed E-state index contributed by atoms with van der Waals surface area (Å²) in [7, 11) is -2.34. The Kier molecular flexibility index (Phi) is 4.59. The van der Waals surface area contributed by atoms with Crippen molar-refractivity contribution in [3.8, 4) is 0 Å². The molecule has 0 aliphatic heterocycles. The van der Waals surface area contributed by atoms with Gasteiger partial charge in [0.1, 0.15) is 4.90 Å². The quantitative estimate of drug-likeness (QED) is 0.328. The Bertz CT molecular complexity index is 543. The van der Waals surface area contributed by atoms with Crippen LogP contribution in [0.2, 0.25) is 0 Å². The number of ether oxygens (including phenoxy) is 1. The number of methoxy groups -OCH3 is 1. The first-order valence-electron chi connectivity index (χ1n) is 4.91. The summed E-state index contributed by atoms with van der Waals surface area (Å²) >= 11 is 0. The lowest BCUT2D eigenvalue weighted by atomic mass is 10.3. The molecule has 0 saturated carbocycles. The van der Waals surface area contributed by atoms with E-state index in [0.29, 0.717) is 0 Å². The van der Waals surface area contributed by atoms with Gasteiger partial charge in [-0.1, -0.05) is 0 Å². The number of hydrogen-bond donors (Lipinski definition) is 2. The Morgan fingerprint density at radius 1 is 1.50 bits per heavy atom. The second kappa shape index (κ2) is 5.76. The highest BCUT2D eigenvalue weighted by atomic mass is 32.2. The molecule has 0 radical (unpaired) electrons. The Balaban J connectivity index is 2.99. The zero-order valence-electron chi connectivity index (χ0n) is 9.62. The number of sulfonamides is 1. The first-order chi connectivity index (χ1) is 8.38. The summed E-state index contributed by atoms with van der Waals surface area (Å²) in [6.45, 7) is 0.307. The van der Waals surface area contributed by atoms with Gasteiger partial charge in [0.15, 0.2) is 0 Å². The number of nitrogens with zero attached hydrogens (tertiary/aromatic N) is 1. The summed E-state index contributed by atoms with van der Waals surface area (Å²) in [4.78, 5) is 9.66. The molecule has 0 heterocycles. The predicted octanol–water partition coefficient (Wildman–Crippen LogP) is 0.102. The fourth-order valence-corrected chi connectivity index (χ4v) is 2.37. The Hall–Kier alpha value is -1.71. The molecular weight excluding hydrogens is 262 g/mol. The van der Waals surface area contributed by atoms with E-state index >= 15 is 0 Å². The van der Waals surface area contributed by atoms with E-state index in [1.54, 1.807) is 0 Å². The number of nitrogens with one attached hydrogen (secondary N) is 1. The number of nitro groups is 1. The van der Waals surface area contributed by atoms with E-state index < -0.39 is 14.9 Å². The Labute approximate surface area is 104 Å². The van der Waals surface area contributed by atoms with Crippen LogP contribution >= 0.6 is 0 Å². The van der Waals surface area contributed by atoms with Crippen molar-refractivity contribution in [2.24, 2.45) is 0 Å². The maximum absolute atomic E-state index is 11.8. The molecule has 0 aromatic heterocycles. The maximum Gasteiger partial charge on any atom is 0.271 e. The fraction of sp³-hybridized carbons (Fsp3) is 0.333. The molecule has 0 spiro atoms. The highest BCUT2D eigenvalue weighted by molar-refractivity contribution is 7.89.